The van der Waals surface area contributed by atoms with Gasteiger partial charge >= 0.3 is 6.01 Å². The molecule has 3 fully saturated rings. The Hall–Kier alpha value is -2.58. The Morgan fingerprint density at radius 2 is 1.77 bits per heavy atom. The van der Waals surface area contributed by atoms with Crippen LogP contribution in [0.3, 0.4) is 0 Å². The molecule has 0 aliphatic heterocycles. The van der Waals surface area contributed by atoms with Gasteiger partial charge in [-0.15, -0.1) is 0 Å². The van der Waals surface area contributed by atoms with Crippen molar-refractivity contribution in [2.45, 2.75) is 45.0 Å². The number of anilines is 1. The summed E-state index contributed by atoms with van der Waals surface area (Å²) in [6.45, 7) is 0. The van der Waals surface area contributed by atoms with Gasteiger partial charge in [0, 0.05) is 23.4 Å². The lowest BCUT2D eigenvalue weighted by Crippen LogP contribution is -2.53. The molecule has 5 rings (SSSR count). The number of rotatable bonds is 5. The highest BCUT2D eigenvalue weighted by Gasteiger charge is 2.55. The van der Waals surface area contributed by atoms with E-state index in [9.17, 15) is 13.6 Å². The molecule has 0 aromatic carbocycles. The second-order valence-electron chi connectivity index (χ2n) is 7.18. The Balaban J connectivity index is 1.37. The van der Waals surface area contributed by atoms with Crippen LogP contribution in [0.2, 0.25) is 0 Å². The van der Waals surface area contributed by atoms with Crippen molar-refractivity contribution in [2.24, 2.45) is 10.8 Å². The zero-order valence-corrected chi connectivity index (χ0v) is 14.0. The van der Waals surface area contributed by atoms with Gasteiger partial charge in [-0.1, -0.05) is 5.16 Å². The van der Waals surface area contributed by atoms with E-state index in [0.717, 1.165) is 5.56 Å². The van der Waals surface area contributed by atoms with Gasteiger partial charge in [-0.2, -0.15) is 4.98 Å². The predicted octanol–water partition coefficient (Wildman–Crippen LogP) is 3.18. The third-order valence-electron chi connectivity index (χ3n) is 5.90. The normalized spacial score (nSPS) is 27.5. The van der Waals surface area contributed by atoms with Crippen LogP contribution in [0.5, 0.6) is 0 Å². The molecule has 0 atom stereocenters. The summed E-state index contributed by atoms with van der Waals surface area (Å²) < 4.78 is 31.7. The number of hydrogen-bond donors (Lipinski definition) is 2. The summed E-state index contributed by atoms with van der Waals surface area (Å²) in [5, 5.41) is 3.84. The number of amides is 1. The van der Waals surface area contributed by atoms with Crippen LogP contribution >= 0.6 is 0 Å². The highest BCUT2D eigenvalue weighted by Crippen LogP contribution is 2.59. The zero-order valence-electron chi connectivity index (χ0n) is 14.0. The first kappa shape index (κ1) is 16.9. The second-order valence-corrected chi connectivity index (χ2v) is 7.18. The van der Waals surface area contributed by atoms with E-state index in [0.29, 0.717) is 44.3 Å². The first-order chi connectivity index (χ1) is 12.5. The second kappa shape index (κ2) is 6.30. The van der Waals surface area contributed by atoms with E-state index in [-0.39, 0.29) is 11.9 Å². The van der Waals surface area contributed by atoms with E-state index < -0.39 is 17.3 Å². The zero-order chi connectivity index (χ0) is 18.2. The average molecular weight is 363 g/mol. The molecule has 0 saturated heterocycles. The molecule has 3 aliphatic rings. The van der Waals surface area contributed by atoms with Crippen LogP contribution in [0, 0.1) is 10.8 Å². The van der Waals surface area contributed by atoms with Gasteiger partial charge in [0.1, 0.15) is 0 Å². The maximum Gasteiger partial charge on any atom is 0.340 e. The minimum Gasteiger partial charge on any atom is -0.313 e. The van der Waals surface area contributed by atoms with E-state index in [4.69, 9.17) is 4.52 Å². The van der Waals surface area contributed by atoms with E-state index in [1.165, 1.54) is 0 Å². The number of carbonyl (C=O) groups excluding carboxylic acids is 1. The van der Waals surface area contributed by atoms with Crippen LogP contribution in [0.4, 0.5) is 14.8 Å². The summed E-state index contributed by atoms with van der Waals surface area (Å²) in [5.74, 6) is 0.170. The monoisotopic (exact) mass is 363 g/mol. The Bertz CT molecular complexity index is 771. The summed E-state index contributed by atoms with van der Waals surface area (Å²) in [5.41, 5.74) is 4.51. The molecule has 2 bridgehead atoms. The molecule has 2 aromatic heterocycles. The molecule has 3 aliphatic carbocycles. The summed E-state index contributed by atoms with van der Waals surface area (Å²) in [4.78, 5) is 20.7. The third kappa shape index (κ3) is 2.81. The first-order valence-corrected chi connectivity index (χ1v) is 8.62. The molecule has 2 N–H and O–H groups in total. The molecule has 26 heavy (non-hydrogen) atoms. The fourth-order valence-electron chi connectivity index (χ4n) is 4.02. The number of nitrogens with one attached hydrogen (secondary N) is 2. The lowest BCUT2D eigenvalue weighted by Gasteiger charge is -2.51. The number of pyridine rings is 1. The van der Waals surface area contributed by atoms with Gasteiger partial charge in [-0.3, -0.25) is 15.2 Å². The van der Waals surface area contributed by atoms with Gasteiger partial charge in [-0.25, -0.2) is 14.2 Å². The number of fused-ring (bicyclic) bond motifs is 3. The molecule has 0 unspecified atom stereocenters. The molecule has 2 heterocycles. The fourth-order valence-corrected chi connectivity index (χ4v) is 4.02. The largest absolute Gasteiger partial charge is 0.340 e. The van der Waals surface area contributed by atoms with Crippen molar-refractivity contribution in [1.29, 1.82) is 0 Å². The predicted molar refractivity (Wildman–Crippen MR) is 87.9 cm³/mol. The summed E-state index contributed by atoms with van der Waals surface area (Å²) >= 11 is 0. The fraction of sp³-hybridized carbons (Fsp3) is 0.529. The topological polar surface area (TPSA) is 92.9 Å². The molecule has 9 heteroatoms. The number of alkyl halides is 2. The highest BCUT2D eigenvalue weighted by molar-refractivity contribution is 5.83. The maximum atomic E-state index is 13.3. The van der Waals surface area contributed by atoms with Crippen LogP contribution in [-0.2, 0) is 4.79 Å². The van der Waals surface area contributed by atoms with Crippen LogP contribution in [0.1, 0.15) is 38.5 Å². The van der Waals surface area contributed by atoms with Gasteiger partial charge in [0.2, 0.25) is 18.2 Å². The van der Waals surface area contributed by atoms with Gasteiger partial charge in [0.15, 0.2) is 0 Å². The number of carbonyl (C=O) groups is 1. The molecule has 3 saturated carbocycles. The van der Waals surface area contributed by atoms with Crippen molar-refractivity contribution in [3.05, 3.63) is 24.5 Å². The molecule has 1 amide bonds. The maximum absolute atomic E-state index is 13.3. The van der Waals surface area contributed by atoms with E-state index >= 15 is 0 Å². The SMILES string of the molecule is O=C(NNc1nc(-c2ccncc2)no1)C12CCC(C(F)F)(CC1)CC2. The lowest BCUT2D eigenvalue weighted by molar-refractivity contribution is -0.149. The van der Waals surface area contributed by atoms with Crippen LogP contribution in [0.25, 0.3) is 11.4 Å². The number of hydrazine groups is 1. The number of halogens is 2. The lowest BCUT2D eigenvalue weighted by atomic mass is 9.53. The summed E-state index contributed by atoms with van der Waals surface area (Å²) in [6, 6.07) is 3.55. The van der Waals surface area contributed by atoms with Crippen molar-refractivity contribution in [1.82, 2.24) is 20.6 Å². The Kier molecular flexibility index (Phi) is 4.08. The molecular weight excluding hydrogens is 344 g/mol. The van der Waals surface area contributed by atoms with Crippen molar-refractivity contribution in [3.63, 3.8) is 0 Å². The molecule has 7 nitrogen and oxygen atoms in total. The van der Waals surface area contributed by atoms with Gasteiger partial charge in [0.25, 0.3) is 0 Å². The minimum atomic E-state index is -2.31. The molecule has 0 spiro atoms. The Morgan fingerprint density at radius 1 is 1.12 bits per heavy atom. The third-order valence-corrected chi connectivity index (χ3v) is 5.90. The molecular formula is C17H19F2N5O2. The van der Waals surface area contributed by atoms with E-state index in [1.54, 1.807) is 24.5 Å². The van der Waals surface area contributed by atoms with Crippen LogP contribution in [-0.4, -0.2) is 27.5 Å². The van der Waals surface area contributed by atoms with Crippen molar-refractivity contribution in [2.75, 3.05) is 5.43 Å². The van der Waals surface area contributed by atoms with Gasteiger partial charge in [-0.05, 0) is 50.7 Å². The molecule has 138 valence electrons. The minimum absolute atomic E-state index is 0.0649. The van der Waals surface area contributed by atoms with Crippen molar-refractivity contribution < 1.29 is 18.1 Å². The Labute approximate surface area is 148 Å². The quantitative estimate of drug-likeness (QED) is 0.793. The highest BCUT2D eigenvalue weighted by atomic mass is 19.3. The van der Waals surface area contributed by atoms with E-state index in [1.807, 2.05) is 0 Å². The number of nitrogens with zero attached hydrogens (tertiary/aromatic N) is 3. The Morgan fingerprint density at radius 3 is 2.38 bits per heavy atom. The number of hydrogen-bond acceptors (Lipinski definition) is 6. The van der Waals surface area contributed by atoms with Gasteiger partial charge in [0.05, 0.1) is 5.41 Å². The summed E-state index contributed by atoms with van der Waals surface area (Å²) in [7, 11) is 0. The molecule has 0 radical (unpaired) electrons. The van der Waals surface area contributed by atoms with Crippen molar-refractivity contribution in [3.8, 4) is 11.4 Å². The van der Waals surface area contributed by atoms with Crippen molar-refractivity contribution >= 4 is 11.9 Å². The van der Waals surface area contributed by atoms with Gasteiger partial charge < -0.3 is 4.52 Å². The standard InChI is InChI=1S/C17H19F2N5O2/c18-13(19)16-3-6-17(7-4-16,8-5-16)14(25)22-23-15-21-12(24-26-15)11-1-9-20-10-2-11/h1-2,9-10,13H,3-8H2,(H,22,25)(H,21,23,24). The first-order valence-electron chi connectivity index (χ1n) is 8.62. The van der Waals surface area contributed by atoms with E-state index in [2.05, 4.69) is 26.0 Å². The smallest absolute Gasteiger partial charge is 0.313 e. The number of aromatic nitrogens is 3. The van der Waals surface area contributed by atoms with Crippen LogP contribution in [0.15, 0.2) is 29.0 Å². The average Bonchev–Trinajstić information content (AvgIpc) is 3.17. The summed E-state index contributed by atoms with van der Waals surface area (Å²) in [6.07, 6.45) is 3.55. The molecule has 2 aromatic rings. The van der Waals surface area contributed by atoms with Crippen LogP contribution < -0.4 is 10.9 Å².